The molecule has 1 aromatic rings. The molecule has 1 saturated heterocycles. The van der Waals surface area contributed by atoms with Crippen LogP contribution in [0.15, 0.2) is 24.3 Å². The summed E-state index contributed by atoms with van der Waals surface area (Å²) in [7, 11) is -0.0752. The van der Waals surface area contributed by atoms with Gasteiger partial charge in [0.25, 0.3) is 0 Å². The van der Waals surface area contributed by atoms with E-state index in [1.54, 1.807) is 14.1 Å². The predicted molar refractivity (Wildman–Crippen MR) is 80.5 cm³/mol. The number of hydrogen-bond donors (Lipinski definition) is 0. The van der Waals surface area contributed by atoms with Crippen LogP contribution in [-0.4, -0.2) is 45.3 Å². The molecule has 0 saturated carbocycles. The summed E-state index contributed by atoms with van der Waals surface area (Å²) in [5.41, 5.74) is 1.09. The van der Waals surface area contributed by atoms with E-state index < -0.39 is 10.0 Å². The van der Waals surface area contributed by atoms with Gasteiger partial charge in [0, 0.05) is 31.6 Å². The molecule has 2 atom stereocenters. The molecule has 0 radical (unpaired) electrons. The molecule has 0 aromatic heterocycles. The largest absolute Gasteiger partial charge is 0.381 e. The lowest BCUT2D eigenvalue weighted by atomic mass is 9.94. The first-order chi connectivity index (χ1) is 9.41. The zero-order valence-electron chi connectivity index (χ0n) is 11.8. The van der Waals surface area contributed by atoms with Gasteiger partial charge in [-0.05, 0) is 30.5 Å². The topological polar surface area (TPSA) is 46.6 Å². The molecule has 0 amide bonds. The molecule has 0 N–H and O–H groups in total. The van der Waals surface area contributed by atoms with Crippen LogP contribution in [0.4, 0.5) is 0 Å². The number of sulfonamides is 1. The number of hydrogen-bond acceptors (Lipinski definition) is 3. The van der Waals surface area contributed by atoms with Crippen molar-refractivity contribution >= 4 is 21.6 Å². The summed E-state index contributed by atoms with van der Waals surface area (Å²) in [5, 5.41) is 0.313. The standard InChI is InChI=1S/C14H20ClNO3S/c1-16(2)20(17,18)14-7-8-19-10-12(14)9-11-3-5-13(15)6-4-11/h3-6,12,14H,7-10H2,1-2H3. The predicted octanol–water partition coefficient (Wildman–Crippen LogP) is 2.18. The van der Waals surface area contributed by atoms with Crippen molar-refractivity contribution in [2.45, 2.75) is 18.1 Å². The Morgan fingerprint density at radius 3 is 2.55 bits per heavy atom. The second kappa shape index (κ2) is 6.43. The lowest BCUT2D eigenvalue weighted by Gasteiger charge is -2.33. The van der Waals surface area contributed by atoms with Crippen LogP contribution in [0, 0.1) is 5.92 Å². The van der Waals surface area contributed by atoms with Gasteiger partial charge in [-0.25, -0.2) is 12.7 Å². The van der Waals surface area contributed by atoms with E-state index in [0.29, 0.717) is 31.1 Å². The molecule has 0 bridgehead atoms. The fourth-order valence-electron chi connectivity index (χ4n) is 2.55. The van der Waals surface area contributed by atoms with Crippen molar-refractivity contribution in [3.05, 3.63) is 34.9 Å². The summed E-state index contributed by atoms with van der Waals surface area (Å²) >= 11 is 5.87. The Kier molecular flexibility index (Phi) is 5.07. The van der Waals surface area contributed by atoms with Gasteiger partial charge in [-0.1, -0.05) is 23.7 Å². The summed E-state index contributed by atoms with van der Waals surface area (Å²) in [6, 6.07) is 7.54. The average molecular weight is 318 g/mol. The summed E-state index contributed by atoms with van der Waals surface area (Å²) in [4.78, 5) is 0. The second-order valence-electron chi connectivity index (χ2n) is 5.32. The first-order valence-electron chi connectivity index (χ1n) is 6.65. The maximum atomic E-state index is 12.4. The normalized spacial score (nSPS) is 24.0. The molecular formula is C14H20ClNO3S. The molecule has 1 aliphatic rings. The number of halogens is 1. The van der Waals surface area contributed by atoms with Gasteiger partial charge in [-0.3, -0.25) is 0 Å². The number of benzene rings is 1. The molecule has 112 valence electrons. The van der Waals surface area contributed by atoms with Crippen LogP contribution in [0.1, 0.15) is 12.0 Å². The quantitative estimate of drug-likeness (QED) is 0.855. The Balaban J connectivity index is 2.17. The molecule has 1 fully saturated rings. The molecule has 4 nitrogen and oxygen atoms in total. The minimum absolute atomic E-state index is 0.0164. The van der Waals surface area contributed by atoms with E-state index in [-0.39, 0.29) is 11.2 Å². The van der Waals surface area contributed by atoms with E-state index in [4.69, 9.17) is 16.3 Å². The lowest BCUT2D eigenvalue weighted by molar-refractivity contribution is 0.0563. The van der Waals surface area contributed by atoms with Crippen LogP contribution in [0.3, 0.4) is 0 Å². The van der Waals surface area contributed by atoms with E-state index >= 15 is 0 Å². The smallest absolute Gasteiger partial charge is 0.216 e. The fraction of sp³-hybridized carbons (Fsp3) is 0.571. The highest BCUT2D eigenvalue weighted by atomic mass is 35.5. The maximum absolute atomic E-state index is 12.4. The lowest BCUT2D eigenvalue weighted by Crippen LogP contribution is -2.44. The highest BCUT2D eigenvalue weighted by molar-refractivity contribution is 7.89. The van der Waals surface area contributed by atoms with Crippen molar-refractivity contribution in [1.82, 2.24) is 4.31 Å². The highest BCUT2D eigenvalue weighted by Gasteiger charge is 2.37. The van der Waals surface area contributed by atoms with Crippen LogP contribution < -0.4 is 0 Å². The van der Waals surface area contributed by atoms with Crippen molar-refractivity contribution in [3.63, 3.8) is 0 Å². The van der Waals surface area contributed by atoms with Crippen molar-refractivity contribution < 1.29 is 13.2 Å². The van der Waals surface area contributed by atoms with Crippen molar-refractivity contribution in [3.8, 4) is 0 Å². The van der Waals surface area contributed by atoms with Gasteiger partial charge in [0.05, 0.1) is 11.9 Å². The Morgan fingerprint density at radius 1 is 1.30 bits per heavy atom. The van der Waals surface area contributed by atoms with Gasteiger partial charge in [-0.15, -0.1) is 0 Å². The summed E-state index contributed by atoms with van der Waals surface area (Å²) in [6.45, 7) is 0.995. The van der Waals surface area contributed by atoms with Gasteiger partial charge in [0.15, 0.2) is 0 Å². The Morgan fingerprint density at radius 2 is 1.95 bits per heavy atom. The minimum Gasteiger partial charge on any atom is -0.381 e. The first kappa shape index (κ1) is 15.8. The SMILES string of the molecule is CN(C)S(=O)(=O)C1CCOCC1Cc1ccc(Cl)cc1. The molecule has 1 aromatic carbocycles. The van der Waals surface area contributed by atoms with Gasteiger partial charge in [0.2, 0.25) is 10.0 Å². The maximum Gasteiger partial charge on any atom is 0.216 e. The molecule has 0 spiro atoms. The summed E-state index contributed by atoms with van der Waals surface area (Å²) in [5.74, 6) is -0.0164. The number of nitrogens with zero attached hydrogens (tertiary/aromatic N) is 1. The Labute approximate surface area is 125 Å². The zero-order valence-corrected chi connectivity index (χ0v) is 13.3. The van der Waals surface area contributed by atoms with Gasteiger partial charge in [0.1, 0.15) is 0 Å². The minimum atomic E-state index is -3.25. The van der Waals surface area contributed by atoms with Crippen LogP contribution in [0.2, 0.25) is 5.02 Å². The molecular weight excluding hydrogens is 298 g/mol. The third kappa shape index (κ3) is 3.52. The molecule has 20 heavy (non-hydrogen) atoms. The summed E-state index contributed by atoms with van der Waals surface area (Å²) in [6.07, 6.45) is 1.24. The van der Waals surface area contributed by atoms with E-state index in [1.807, 2.05) is 24.3 Å². The van der Waals surface area contributed by atoms with Crippen LogP contribution in [0.5, 0.6) is 0 Å². The third-order valence-electron chi connectivity index (χ3n) is 3.71. The Bertz CT molecular complexity index is 542. The molecule has 2 unspecified atom stereocenters. The van der Waals surface area contributed by atoms with Crippen molar-refractivity contribution in [2.24, 2.45) is 5.92 Å². The van der Waals surface area contributed by atoms with Crippen LogP contribution in [0.25, 0.3) is 0 Å². The molecule has 1 heterocycles. The van der Waals surface area contributed by atoms with E-state index in [9.17, 15) is 8.42 Å². The van der Waals surface area contributed by atoms with Gasteiger partial charge in [-0.2, -0.15) is 0 Å². The monoisotopic (exact) mass is 317 g/mol. The van der Waals surface area contributed by atoms with Crippen molar-refractivity contribution in [2.75, 3.05) is 27.3 Å². The molecule has 1 aliphatic heterocycles. The van der Waals surface area contributed by atoms with Gasteiger partial charge < -0.3 is 4.74 Å². The van der Waals surface area contributed by atoms with Gasteiger partial charge >= 0.3 is 0 Å². The van der Waals surface area contributed by atoms with E-state index in [2.05, 4.69) is 0 Å². The number of ether oxygens (including phenoxy) is 1. The fourth-order valence-corrected chi connectivity index (χ4v) is 4.28. The van der Waals surface area contributed by atoms with Crippen LogP contribution >= 0.6 is 11.6 Å². The molecule has 0 aliphatic carbocycles. The second-order valence-corrected chi connectivity index (χ2v) is 8.12. The Hall–Kier alpha value is -0.620. The average Bonchev–Trinajstić information content (AvgIpc) is 2.41. The zero-order chi connectivity index (χ0) is 14.8. The van der Waals surface area contributed by atoms with Crippen molar-refractivity contribution in [1.29, 1.82) is 0 Å². The highest BCUT2D eigenvalue weighted by Crippen LogP contribution is 2.27. The molecule has 6 heteroatoms. The molecule has 2 rings (SSSR count). The number of rotatable bonds is 4. The first-order valence-corrected chi connectivity index (χ1v) is 8.53. The third-order valence-corrected chi connectivity index (χ3v) is 6.36. The van der Waals surface area contributed by atoms with E-state index in [0.717, 1.165) is 5.56 Å². The van der Waals surface area contributed by atoms with E-state index in [1.165, 1.54) is 4.31 Å². The van der Waals surface area contributed by atoms with Crippen LogP contribution in [-0.2, 0) is 21.2 Å². The summed E-state index contributed by atoms with van der Waals surface area (Å²) < 4.78 is 31.6.